The summed E-state index contributed by atoms with van der Waals surface area (Å²) in [5.41, 5.74) is 8.60. The van der Waals surface area contributed by atoms with E-state index >= 15 is 0 Å². The Morgan fingerprint density at radius 1 is 0.496 bits per heavy atom. The van der Waals surface area contributed by atoms with Gasteiger partial charge in [-0.1, -0.05) is 86.4 Å². The molecule has 2 aromatic carbocycles. The van der Waals surface area contributed by atoms with Crippen LogP contribution in [0, 0.1) is 11.8 Å². The van der Waals surface area contributed by atoms with Crippen molar-refractivity contribution in [3.63, 3.8) is 0 Å². The monoisotopic (exact) mass is 1630 g/mol. The number of carboxylic acids is 1. The molecule has 33 heteroatoms. The van der Waals surface area contributed by atoms with Crippen LogP contribution in [0.25, 0.3) is 43.2 Å². The van der Waals surface area contributed by atoms with Gasteiger partial charge >= 0.3 is 18.2 Å². The molecule has 4 saturated carbocycles. The fraction of sp³-hybridized carbons (Fsp3) is 0.429. The van der Waals surface area contributed by atoms with Gasteiger partial charge in [0.15, 0.2) is 0 Å². The second-order valence-electron chi connectivity index (χ2n) is 30.5. The van der Waals surface area contributed by atoms with E-state index in [1.807, 2.05) is 113 Å². The maximum absolute atomic E-state index is 14.7. The Morgan fingerprint density at radius 2 is 0.932 bits per heavy atom. The van der Waals surface area contributed by atoms with Crippen LogP contribution in [0.15, 0.2) is 157 Å². The van der Waals surface area contributed by atoms with Gasteiger partial charge in [0, 0.05) is 49.5 Å². The minimum atomic E-state index is -1.43. The summed E-state index contributed by atoms with van der Waals surface area (Å²) in [5.74, 6) is 0.148. The van der Waals surface area contributed by atoms with E-state index in [1.165, 1.54) is 51.1 Å². The molecule has 4 aliphatic heterocycles. The average molecular weight is 1630 g/mol. The van der Waals surface area contributed by atoms with E-state index in [9.17, 15) is 53.1 Å². The Kier molecular flexibility index (Phi) is 26.4. The van der Waals surface area contributed by atoms with E-state index < -0.39 is 101 Å². The maximum atomic E-state index is 14.7. The SMILES string of the molecule is NNC(=O)c1cccnc1.O=C(N[C@H]1CCCCC/C=C\[C@@H]2C[C@@]2(C(=O)NNC(=O)c2cccnc2)NC(=O)[C@@H]2C[C@@H](Oc3nc4ccccc4nc3-c3cccs3)CN2C1=O)OC1CCCC1.O=C(N[C@H]1CCCCC/C=C\[C@@H]2C[C@@]2(C(=O)O)NC(=O)[C@@H]2C[C@@H](Oc3nc4ccccc4nc3-c3cccs3)CN2C1=O)OC1CCCC1. The van der Waals surface area contributed by atoms with E-state index in [4.69, 9.17) is 44.7 Å². The van der Waals surface area contributed by atoms with Crippen molar-refractivity contribution in [2.75, 3.05) is 13.1 Å². The first-order valence-corrected chi connectivity index (χ1v) is 41.8. The number of aromatic nitrogens is 6. The average Bonchev–Trinajstić information content (AvgIpc) is 1.58. The number of nitrogens with zero attached hydrogens (tertiary/aromatic N) is 8. The molecule has 10 heterocycles. The van der Waals surface area contributed by atoms with E-state index in [0.717, 1.165) is 99.6 Å². The molecule has 16 rings (SSSR count). The summed E-state index contributed by atoms with van der Waals surface area (Å²) >= 11 is 2.99. The van der Waals surface area contributed by atoms with Crippen LogP contribution in [-0.2, 0) is 38.2 Å². The highest BCUT2D eigenvalue weighted by Crippen LogP contribution is 2.47. The van der Waals surface area contributed by atoms with Gasteiger partial charge in [-0.05, 0) is 174 Å². The Bertz CT molecular complexity index is 4960. The van der Waals surface area contributed by atoms with E-state index in [1.54, 1.807) is 30.5 Å². The number of ether oxygens (including phenoxy) is 4. The molecule has 31 nitrogen and oxygen atoms in total. The van der Waals surface area contributed by atoms with Gasteiger partial charge in [0.1, 0.15) is 71.0 Å². The lowest BCUT2D eigenvalue weighted by Crippen LogP contribution is -2.59. The number of hydrogen-bond donors (Lipinski definition) is 9. The number of amides is 9. The second kappa shape index (κ2) is 37.8. The van der Waals surface area contributed by atoms with Gasteiger partial charge in [0.25, 0.3) is 17.7 Å². The highest BCUT2D eigenvalue weighted by molar-refractivity contribution is 7.13. The number of pyridine rings is 2. The highest BCUT2D eigenvalue weighted by Gasteiger charge is 2.63. The van der Waals surface area contributed by atoms with E-state index in [0.29, 0.717) is 71.1 Å². The van der Waals surface area contributed by atoms with Crippen molar-refractivity contribution in [2.24, 2.45) is 17.7 Å². The van der Waals surface area contributed by atoms with Crippen molar-refractivity contribution >= 4 is 104 Å². The van der Waals surface area contributed by atoms with Crippen LogP contribution < -0.4 is 52.9 Å². The van der Waals surface area contributed by atoms with Crippen LogP contribution >= 0.6 is 22.7 Å². The molecule has 10 N–H and O–H groups in total. The number of rotatable bonds is 14. The maximum Gasteiger partial charge on any atom is 0.408 e. The van der Waals surface area contributed by atoms with Gasteiger partial charge in [0.2, 0.25) is 35.4 Å². The summed E-state index contributed by atoms with van der Waals surface area (Å²) in [4.78, 5) is 165. The van der Waals surface area contributed by atoms with Gasteiger partial charge in [-0.15, -0.1) is 22.7 Å². The molecule has 6 fully saturated rings. The van der Waals surface area contributed by atoms with Crippen molar-refractivity contribution in [1.82, 2.24) is 77.2 Å². The lowest BCUT2D eigenvalue weighted by molar-refractivity contribution is -0.145. The number of alkyl carbamates (subject to hydrolysis) is 2. The third-order valence-corrected chi connectivity index (χ3v) is 24.2. The summed E-state index contributed by atoms with van der Waals surface area (Å²) in [6.45, 7) is 0.0451. The molecule has 10 atom stereocenters. The second-order valence-corrected chi connectivity index (χ2v) is 32.4. The topological polar surface area (TPSA) is 422 Å². The molecule has 9 amide bonds. The number of para-hydroxylation sites is 4. The first-order valence-electron chi connectivity index (χ1n) is 40.0. The van der Waals surface area contributed by atoms with Crippen molar-refractivity contribution in [1.29, 1.82) is 0 Å². The van der Waals surface area contributed by atoms with Gasteiger partial charge in [-0.2, -0.15) is 0 Å². The molecule has 4 aliphatic carbocycles. The molecule has 117 heavy (non-hydrogen) atoms. The molecule has 8 aliphatic rings. The fourth-order valence-electron chi connectivity index (χ4n) is 16.0. The number of nitrogens with one attached hydrogen (secondary N) is 7. The molecule has 0 spiro atoms. The van der Waals surface area contributed by atoms with Crippen LogP contribution in [0.1, 0.15) is 162 Å². The number of fused-ring (bicyclic) bond motifs is 6. The standard InChI is InChI=1S/C42H46N8O7S.C36H41N5O7S.C6H7N3O/c51-36(26-12-10-20-43-24-26)48-49-40(54)42-23-27(42)13-4-2-1-3-5-18-32(46-41(55)57-28-14-6-7-15-28)39(53)50-25-29(22-33(50)37(52)47-42)56-38-35(34-19-11-21-58-34)44-30-16-8-9-17-31(30)45-38;42-31-28-19-24(47-32-30(29-17-10-18-49-29)37-25-14-8-9-15-26(25)38-32)21-41(28)33(43)27(39-35(46)48-23-12-6-7-13-23)16-5-3-1-2-4-11-22-20-36(22,40-31)34(44)45;7-9-6(10)5-2-1-3-8-4-5/h4,8-13,16-17,19-21,24,27-29,32-33H,1-3,5-7,14-15,18,22-23,25H2,(H,46,55)(H,47,52)(H,48,51)(H,49,54);4,8-11,14-15,17-18,22-24,27-28H,1-3,5-7,12-13,16,19-21H2,(H,39,46)(H,40,42)(H,44,45);1-4H,7H2,(H,9,10)/b13-4-;11-4-;/t27-,29-,32+,33+,42-;22-,24-,27+,28+,36-;/m11./s1. The van der Waals surface area contributed by atoms with Crippen LogP contribution in [0.2, 0.25) is 0 Å². The lowest BCUT2D eigenvalue weighted by Gasteiger charge is -2.30. The quantitative estimate of drug-likeness (QED) is 0.0211. The van der Waals surface area contributed by atoms with Crippen LogP contribution in [0.4, 0.5) is 9.59 Å². The van der Waals surface area contributed by atoms with Crippen molar-refractivity contribution in [3.05, 3.63) is 168 Å². The zero-order valence-corrected chi connectivity index (χ0v) is 66.0. The highest BCUT2D eigenvalue weighted by atomic mass is 32.1. The minimum absolute atomic E-state index is 0.00879. The first-order chi connectivity index (χ1) is 56.9. The predicted octanol–water partition coefficient (Wildman–Crippen LogP) is 9.90. The number of carboxylic acid groups (broad SMARTS) is 1. The van der Waals surface area contributed by atoms with Crippen molar-refractivity contribution in [3.8, 4) is 32.9 Å². The smallest absolute Gasteiger partial charge is 0.408 e. The number of aliphatic carboxylic acids is 1. The predicted molar refractivity (Wildman–Crippen MR) is 432 cm³/mol. The van der Waals surface area contributed by atoms with Crippen molar-refractivity contribution in [2.45, 2.75) is 201 Å². The summed E-state index contributed by atoms with van der Waals surface area (Å²) < 4.78 is 24.5. The number of nitrogens with two attached hydrogens (primary N) is 1. The largest absolute Gasteiger partial charge is 0.479 e. The Labute approximate surface area is 682 Å². The number of carbonyl (C=O) groups excluding carboxylic acids is 9. The fourth-order valence-corrected chi connectivity index (χ4v) is 17.4. The van der Waals surface area contributed by atoms with Crippen LogP contribution in [0.3, 0.4) is 0 Å². The van der Waals surface area contributed by atoms with E-state index in [-0.39, 0.29) is 79.6 Å². The number of allylic oxidation sites excluding steroid dienone is 2. The van der Waals surface area contributed by atoms with Gasteiger partial charge in [-0.3, -0.25) is 59.8 Å². The number of carbonyl (C=O) groups is 10. The van der Waals surface area contributed by atoms with E-state index in [2.05, 4.69) is 42.1 Å². The number of hydrogen-bond acceptors (Lipinski definition) is 23. The first kappa shape index (κ1) is 81.7. The Morgan fingerprint density at radius 3 is 1.37 bits per heavy atom. The zero-order valence-electron chi connectivity index (χ0n) is 64.4. The summed E-state index contributed by atoms with van der Waals surface area (Å²) in [7, 11) is 0. The summed E-state index contributed by atoms with van der Waals surface area (Å²) in [6, 6.07) is 25.1. The molecular formula is C84H94N16O15S2. The minimum Gasteiger partial charge on any atom is -0.479 e. The van der Waals surface area contributed by atoms with Gasteiger partial charge in [0.05, 0.1) is 56.0 Å². The Hall–Kier alpha value is -11.8. The molecule has 0 bridgehead atoms. The number of nitrogen functional groups attached to an aromatic ring is 1. The lowest BCUT2D eigenvalue weighted by atomic mass is 10.0. The molecule has 0 unspecified atom stereocenters. The van der Waals surface area contributed by atoms with Gasteiger partial charge < -0.3 is 55.1 Å². The van der Waals surface area contributed by atoms with Gasteiger partial charge in [-0.25, -0.2) is 40.2 Å². The summed E-state index contributed by atoms with van der Waals surface area (Å²) in [6.07, 6.45) is 25.4. The number of thiophene rings is 2. The summed E-state index contributed by atoms with van der Waals surface area (Å²) in [5, 5.41) is 25.5. The normalized spacial score (nSPS) is 25.4. The third-order valence-electron chi connectivity index (χ3n) is 22.4. The number of benzene rings is 2. The molecule has 0 radical (unpaired) electrons. The zero-order chi connectivity index (χ0) is 81.4. The third kappa shape index (κ3) is 20.0. The molecular weight excluding hydrogens is 1540 g/mol. The molecule has 6 aromatic heterocycles. The number of hydrazine groups is 2. The van der Waals surface area contributed by atoms with Crippen LogP contribution in [-0.4, -0.2) is 177 Å². The van der Waals surface area contributed by atoms with Crippen molar-refractivity contribution < 1.29 is 72.0 Å². The molecule has 8 aromatic rings. The Balaban J connectivity index is 0.000000174. The van der Waals surface area contributed by atoms with Crippen LogP contribution in [0.5, 0.6) is 11.8 Å². The molecule has 612 valence electrons. The molecule has 2 saturated heterocycles.